The van der Waals surface area contributed by atoms with Crippen LogP contribution in [0.25, 0.3) is 5.57 Å². The smallest absolute Gasteiger partial charge is 0.0111 e. The van der Waals surface area contributed by atoms with Crippen molar-refractivity contribution in [2.75, 3.05) is 21.1 Å². The van der Waals surface area contributed by atoms with Gasteiger partial charge in [0.25, 0.3) is 0 Å². The molecule has 0 aliphatic heterocycles. The summed E-state index contributed by atoms with van der Waals surface area (Å²) in [5, 5.41) is 0. The molecule has 0 saturated heterocycles. The average Bonchev–Trinajstić information content (AvgIpc) is 2.53. The first kappa shape index (κ1) is 17.7. The van der Waals surface area contributed by atoms with Gasteiger partial charge in [0.05, 0.1) is 0 Å². The molecular formula is C21H25N. The lowest BCUT2D eigenvalue weighted by molar-refractivity contribution is 0.505. The fraction of sp³-hybridized carbons (Fsp3) is 0.143. The first-order chi connectivity index (χ1) is 10.6. The van der Waals surface area contributed by atoms with E-state index in [4.69, 9.17) is 0 Å². The number of hydrogen-bond acceptors (Lipinski definition) is 1. The van der Waals surface area contributed by atoms with Crippen molar-refractivity contribution in [3.8, 4) is 0 Å². The zero-order valence-corrected chi connectivity index (χ0v) is 13.7. The van der Waals surface area contributed by atoms with Crippen LogP contribution in [0.3, 0.4) is 0 Å². The summed E-state index contributed by atoms with van der Waals surface area (Å²) in [6.45, 7) is 3.69. The van der Waals surface area contributed by atoms with Gasteiger partial charge in [0, 0.05) is 0 Å². The molecule has 0 spiro atoms. The monoisotopic (exact) mass is 291 g/mol. The van der Waals surface area contributed by atoms with Gasteiger partial charge in [-0.15, -0.1) is 0 Å². The predicted molar refractivity (Wildman–Crippen MR) is 98.9 cm³/mol. The van der Waals surface area contributed by atoms with Crippen LogP contribution in [0.5, 0.6) is 0 Å². The van der Waals surface area contributed by atoms with Gasteiger partial charge < -0.3 is 4.90 Å². The maximum atomic E-state index is 3.69. The van der Waals surface area contributed by atoms with Gasteiger partial charge in [-0.05, 0) is 37.8 Å². The Hall–Kier alpha value is -2.38. The molecular weight excluding hydrogens is 266 g/mol. The molecule has 0 aliphatic rings. The highest BCUT2D eigenvalue weighted by Crippen LogP contribution is 2.22. The lowest BCUT2D eigenvalue weighted by atomic mass is 9.97. The summed E-state index contributed by atoms with van der Waals surface area (Å²) in [5.74, 6) is 0. The number of hydrogen-bond donors (Lipinski definition) is 0. The van der Waals surface area contributed by atoms with Crippen molar-refractivity contribution in [2.45, 2.75) is 0 Å². The molecule has 2 aromatic carbocycles. The Labute approximate surface area is 134 Å². The van der Waals surface area contributed by atoms with Crippen LogP contribution in [0, 0.1) is 0 Å². The molecule has 114 valence electrons. The molecule has 0 fully saturated rings. The van der Waals surface area contributed by atoms with E-state index in [9.17, 15) is 0 Å². The molecule has 0 unspecified atom stereocenters. The Morgan fingerprint density at radius 2 is 1.18 bits per heavy atom. The molecule has 0 aliphatic carbocycles. The Morgan fingerprint density at radius 3 is 1.55 bits per heavy atom. The topological polar surface area (TPSA) is 3.24 Å². The van der Waals surface area contributed by atoms with Crippen LogP contribution in [0.2, 0.25) is 0 Å². The fourth-order valence-electron chi connectivity index (χ4n) is 1.82. The molecule has 1 heteroatoms. The molecule has 2 rings (SSSR count). The van der Waals surface area contributed by atoms with Crippen LogP contribution in [-0.4, -0.2) is 26.0 Å². The Kier molecular flexibility index (Phi) is 8.32. The van der Waals surface area contributed by atoms with E-state index in [1.54, 1.807) is 6.08 Å². The summed E-state index contributed by atoms with van der Waals surface area (Å²) in [6, 6.07) is 20.8. The molecule has 0 saturated carbocycles. The summed E-state index contributed by atoms with van der Waals surface area (Å²) in [6.07, 6.45) is 7.85. The van der Waals surface area contributed by atoms with Crippen LogP contribution < -0.4 is 0 Å². The normalized spacial score (nSPS) is 10.0. The Balaban J connectivity index is 0.000000541. The van der Waals surface area contributed by atoms with E-state index in [1.165, 1.54) is 16.7 Å². The molecule has 2 aromatic rings. The number of benzene rings is 2. The summed E-state index contributed by atoms with van der Waals surface area (Å²) in [4.78, 5) is 2.00. The highest BCUT2D eigenvalue weighted by molar-refractivity contribution is 5.80. The van der Waals surface area contributed by atoms with E-state index in [0.717, 1.165) is 0 Å². The van der Waals surface area contributed by atoms with Crippen molar-refractivity contribution in [3.63, 3.8) is 0 Å². The van der Waals surface area contributed by atoms with Crippen LogP contribution in [-0.2, 0) is 0 Å². The fourth-order valence-corrected chi connectivity index (χ4v) is 1.82. The summed E-state index contributed by atoms with van der Waals surface area (Å²) in [7, 11) is 6.00. The molecule has 0 aromatic heterocycles. The van der Waals surface area contributed by atoms with Gasteiger partial charge in [0.15, 0.2) is 0 Å². The molecule has 1 nitrogen and oxygen atoms in total. The Bertz CT molecular complexity index is 548. The van der Waals surface area contributed by atoms with Gasteiger partial charge in [0.2, 0.25) is 0 Å². The van der Waals surface area contributed by atoms with E-state index < -0.39 is 0 Å². The third-order valence-electron chi connectivity index (χ3n) is 2.68. The summed E-state index contributed by atoms with van der Waals surface area (Å²) in [5.41, 5.74) is 3.66. The lowest BCUT2D eigenvalue weighted by Crippen LogP contribution is -1.99. The number of allylic oxidation sites excluding steroid dienone is 4. The first-order valence-electron chi connectivity index (χ1n) is 7.36. The van der Waals surface area contributed by atoms with Crippen LogP contribution in [0.1, 0.15) is 11.1 Å². The highest BCUT2D eigenvalue weighted by Gasteiger charge is 2.02. The molecule has 0 bridgehead atoms. The number of rotatable bonds is 4. The average molecular weight is 291 g/mol. The Morgan fingerprint density at radius 1 is 0.773 bits per heavy atom. The van der Waals surface area contributed by atoms with Gasteiger partial charge in [-0.25, -0.2) is 0 Å². The molecule has 0 atom stereocenters. The summed E-state index contributed by atoms with van der Waals surface area (Å²) < 4.78 is 0. The molecule has 0 N–H and O–H groups in total. The van der Waals surface area contributed by atoms with Crippen molar-refractivity contribution < 1.29 is 0 Å². The minimum absolute atomic E-state index is 1.22. The zero-order chi connectivity index (χ0) is 16.2. The van der Waals surface area contributed by atoms with E-state index >= 15 is 0 Å². The zero-order valence-electron chi connectivity index (χ0n) is 13.7. The summed E-state index contributed by atoms with van der Waals surface area (Å²) >= 11 is 0. The second kappa shape index (κ2) is 10.4. The van der Waals surface area contributed by atoms with Gasteiger partial charge in [-0.1, -0.05) is 91.5 Å². The van der Waals surface area contributed by atoms with Gasteiger partial charge in [0.1, 0.15) is 0 Å². The van der Waals surface area contributed by atoms with Crippen LogP contribution in [0.15, 0.2) is 91.5 Å². The van der Waals surface area contributed by atoms with Crippen molar-refractivity contribution in [1.29, 1.82) is 0 Å². The van der Waals surface area contributed by atoms with E-state index in [-0.39, 0.29) is 0 Å². The third-order valence-corrected chi connectivity index (χ3v) is 2.68. The molecule has 0 radical (unpaired) electrons. The van der Waals surface area contributed by atoms with Crippen molar-refractivity contribution in [1.82, 2.24) is 4.90 Å². The third kappa shape index (κ3) is 6.87. The standard InChI is InChI=1S/C18H16.C3H9N/c1-2-3-6-15-18(16-11-7-4-8-12-16)17-13-9-5-10-14-17;1-4(2)3/h2-15H,1H2;1-3H3. The molecule has 0 heterocycles. The van der Waals surface area contributed by atoms with Gasteiger partial charge >= 0.3 is 0 Å². The van der Waals surface area contributed by atoms with E-state index in [0.29, 0.717) is 0 Å². The van der Waals surface area contributed by atoms with E-state index in [1.807, 2.05) is 50.3 Å². The second-order valence-corrected chi connectivity index (χ2v) is 5.27. The van der Waals surface area contributed by atoms with E-state index in [2.05, 4.69) is 61.2 Å². The van der Waals surface area contributed by atoms with Crippen molar-refractivity contribution >= 4 is 5.57 Å². The molecule has 0 amide bonds. The predicted octanol–water partition coefficient (Wildman–Crippen LogP) is 5.04. The van der Waals surface area contributed by atoms with Crippen molar-refractivity contribution in [3.05, 3.63) is 103 Å². The SMILES string of the molecule is C=CC=CC=C(c1ccccc1)c1ccccc1.CN(C)C. The second-order valence-electron chi connectivity index (χ2n) is 5.27. The largest absolute Gasteiger partial charge is 0.312 e. The van der Waals surface area contributed by atoms with Gasteiger partial charge in [-0.3, -0.25) is 0 Å². The minimum Gasteiger partial charge on any atom is -0.312 e. The van der Waals surface area contributed by atoms with Crippen LogP contribution >= 0.6 is 0 Å². The lowest BCUT2D eigenvalue weighted by Gasteiger charge is -2.07. The van der Waals surface area contributed by atoms with Gasteiger partial charge in [-0.2, -0.15) is 0 Å². The maximum absolute atomic E-state index is 3.69. The van der Waals surface area contributed by atoms with Crippen molar-refractivity contribution in [2.24, 2.45) is 0 Å². The first-order valence-corrected chi connectivity index (χ1v) is 7.36. The quantitative estimate of drug-likeness (QED) is 0.713. The molecule has 22 heavy (non-hydrogen) atoms. The highest BCUT2D eigenvalue weighted by atomic mass is 15.0. The minimum atomic E-state index is 1.22. The maximum Gasteiger partial charge on any atom is -0.0111 e. The van der Waals surface area contributed by atoms with Crippen LogP contribution in [0.4, 0.5) is 0 Å². The number of nitrogens with zero attached hydrogens (tertiary/aromatic N) is 1.